The van der Waals surface area contributed by atoms with Crippen LogP contribution in [0.15, 0.2) is 16.6 Å². The van der Waals surface area contributed by atoms with Crippen molar-refractivity contribution in [3.8, 4) is 0 Å². The third-order valence-electron chi connectivity index (χ3n) is 3.03. The molecule has 0 aliphatic carbocycles. The third kappa shape index (κ3) is 3.41. The van der Waals surface area contributed by atoms with Gasteiger partial charge in [-0.25, -0.2) is 4.39 Å². The highest BCUT2D eigenvalue weighted by atomic mass is 79.9. The van der Waals surface area contributed by atoms with Crippen LogP contribution in [0, 0.1) is 5.82 Å². The highest BCUT2D eigenvalue weighted by molar-refractivity contribution is 9.10. The van der Waals surface area contributed by atoms with Crippen LogP contribution in [0.2, 0.25) is 5.02 Å². The Labute approximate surface area is 114 Å². The van der Waals surface area contributed by atoms with Crippen molar-refractivity contribution in [1.29, 1.82) is 0 Å². The summed E-state index contributed by atoms with van der Waals surface area (Å²) in [7, 11) is 0. The maximum absolute atomic E-state index is 13.7. The molecule has 0 saturated carbocycles. The van der Waals surface area contributed by atoms with Gasteiger partial charge < -0.3 is 10.2 Å². The molecule has 2 nitrogen and oxygen atoms in total. The van der Waals surface area contributed by atoms with Crippen LogP contribution in [-0.2, 0) is 6.42 Å². The molecule has 2 rings (SSSR count). The zero-order chi connectivity index (χ0) is 12.3. The van der Waals surface area contributed by atoms with E-state index in [1.807, 2.05) is 0 Å². The maximum Gasteiger partial charge on any atom is 0.127 e. The highest BCUT2D eigenvalue weighted by Gasteiger charge is 2.14. The summed E-state index contributed by atoms with van der Waals surface area (Å²) in [6.45, 7) is 4.95. The molecule has 0 bridgehead atoms. The van der Waals surface area contributed by atoms with Gasteiger partial charge >= 0.3 is 0 Å². The molecule has 1 aromatic carbocycles. The van der Waals surface area contributed by atoms with Gasteiger partial charge in [-0.15, -0.1) is 0 Å². The van der Waals surface area contributed by atoms with E-state index in [1.165, 1.54) is 6.07 Å². The normalized spacial score (nSPS) is 17.4. The number of hydrogen-bond acceptors (Lipinski definition) is 2. The zero-order valence-corrected chi connectivity index (χ0v) is 11.8. The van der Waals surface area contributed by atoms with E-state index in [4.69, 9.17) is 11.6 Å². The van der Waals surface area contributed by atoms with Gasteiger partial charge in [-0.05, 0) is 34.5 Å². The molecular formula is C12H15BrClFN2. The number of piperazine rings is 1. The van der Waals surface area contributed by atoms with Crippen molar-refractivity contribution in [1.82, 2.24) is 10.2 Å². The van der Waals surface area contributed by atoms with Gasteiger partial charge in [-0.1, -0.05) is 11.6 Å². The van der Waals surface area contributed by atoms with Crippen LogP contribution in [0.1, 0.15) is 5.56 Å². The van der Waals surface area contributed by atoms with Crippen LogP contribution in [0.25, 0.3) is 0 Å². The summed E-state index contributed by atoms with van der Waals surface area (Å²) in [4.78, 5) is 2.34. The Bertz CT molecular complexity index is 394. The second-order valence-corrected chi connectivity index (χ2v) is 5.36. The zero-order valence-electron chi connectivity index (χ0n) is 9.48. The topological polar surface area (TPSA) is 15.3 Å². The van der Waals surface area contributed by atoms with Crippen molar-refractivity contribution < 1.29 is 4.39 Å². The predicted octanol–water partition coefficient (Wildman–Crippen LogP) is 2.69. The van der Waals surface area contributed by atoms with Gasteiger partial charge in [0.05, 0.1) is 5.02 Å². The molecule has 0 unspecified atom stereocenters. The Balaban J connectivity index is 2.00. The monoisotopic (exact) mass is 320 g/mol. The third-order valence-corrected chi connectivity index (χ3v) is 4.48. The summed E-state index contributed by atoms with van der Waals surface area (Å²) < 4.78 is 14.4. The lowest BCUT2D eigenvalue weighted by Crippen LogP contribution is -2.44. The van der Waals surface area contributed by atoms with Crippen LogP contribution >= 0.6 is 27.5 Å². The average molecular weight is 322 g/mol. The Kier molecular flexibility index (Phi) is 4.79. The minimum atomic E-state index is -0.184. The first kappa shape index (κ1) is 13.3. The van der Waals surface area contributed by atoms with Crippen molar-refractivity contribution in [3.05, 3.63) is 33.0 Å². The molecular weight excluding hydrogens is 307 g/mol. The van der Waals surface area contributed by atoms with Gasteiger partial charge in [0.2, 0.25) is 0 Å². The molecule has 0 radical (unpaired) electrons. The number of halogens is 3. The molecule has 1 aliphatic heterocycles. The molecule has 0 atom stereocenters. The van der Waals surface area contributed by atoms with E-state index in [0.717, 1.165) is 32.7 Å². The van der Waals surface area contributed by atoms with Gasteiger partial charge in [0.15, 0.2) is 0 Å². The number of hydrogen-bond donors (Lipinski definition) is 1. The molecule has 0 aromatic heterocycles. The fourth-order valence-corrected chi connectivity index (χ4v) is 2.70. The van der Waals surface area contributed by atoms with E-state index in [2.05, 4.69) is 26.1 Å². The lowest BCUT2D eigenvalue weighted by atomic mass is 10.1. The van der Waals surface area contributed by atoms with Gasteiger partial charge in [0.25, 0.3) is 0 Å². The SMILES string of the molecule is Fc1ccc(Cl)c(Br)c1CCN1CCNCC1. The van der Waals surface area contributed by atoms with Crippen LogP contribution in [0.5, 0.6) is 0 Å². The molecule has 0 amide bonds. The molecule has 1 N–H and O–H groups in total. The quantitative estimate of drug-likeness (QED) is 0.861. The fourth-order valence-electron chi connectivity index (χ4n) is 2.00. The lowest BCUT2D eigenvalue weighted by molar-refractivity contribution is 0.243. The summed E-state index contributed by atoms with van der Waals surface area (Å²) >= 11 is 9.32. The predicted molar refractivity (Wildman–Crippen MR) is 72.1 cm³/mol. The Morgan fingerprint density at radius 1 is 1.35 bits per heavy atom. The standard InChI is InChI=1S/C12H15BrClFN2/c13-12-9(11(15)2-1-10(12)14)3-6-17-7-4-16-5-8-17/h1-2,16H,3-8H2. The van der Waals surface area contributed by atoms with E-state index in [9.17, 15) is 4.39 Å². The molecule has 17 heavy (non-hydrogen) atoms. The largest absolute Gasteiger partial charge is 0.314 e. The lowest BCUT2D eigenvalue weighted by Gasteiger charge is -2.27. The second-order valence-electron chi connectivity index (χ2n) is 4.16. The summed E-state index contributed by atoms with van der Waals surface area (Å²) in [6.07, 6.45) is 0.687. The van der Waals surface area contributed by atoms with Gasteiger partial charge in [-0.2, -0.15) is 0 Å². The number of nitrogens with one attached hydrogen (secondary N) is 1. The first-order valence-electron chi connectivity index (χ1n) is 5.74. The van der Waals surface area contributed by atoms with Gasteiger partial charge in [0, 0.05) is 42.8 Å². The summed E-state index contributed by atoms with van der Waals surface area (Å²) in [5.74, 6) is -0.184. The van der Waals surface area contributed by atoms with E-state index in [1.54, 1.807) is 6.07 Å². The first-order chi connectivity index (χ1) is 8.18. The highest BCUT2D eigenvalue weighted by Crippen LogP contribution is 2.28. The molecule has 94 valence electrons. The molecule has 1 aromatic rings. The molecule has 0 spiro atoms. The second kappa shape index (κ2) is 6.14. The Morgan fingerprint density at radius 3 is 2.76 bits per heavy atom. The average Bonchev–Trinajstić information content (AvgIpc) is 2.35. The summed E-state index contributed by atoms with van der Waals surface area (Å²) in [5, 5.41) is 3.87. The Morgan fingerprint density at radius 2 is 2.06 bits per heavy atom. The van der Waals surface area contributed by atoms with Crippen LogP contribution < -0.4 is 5.32 Å². The first-order valence-corrected chi connectivity index (χ1v) is 6.91. The van der Waals surface area contributed by atoms with E-state index in [0.29, 0.717) is 21.5 Å². The van der Waals surface area contributed by atoms with Crippen molar-refractivity contribution in [3.63, 3.8) is 0 Å². The molecule has 1 saturated heterocycles. The molecule has 1 heterocycles. The molecule has 1 fully saturated rings. The van der Waals surface area contributed by atoms with E-state index in [-0.39, 0.29) is 5.82 Å². The Hall–Kier alpha value is -0.160. The number of rotatable bonds is 3. The summed E-state index contributed by atoms with van der Waals surface area (Å²) in [6, 6.07) is 3.01. The summed E-state index contributed by atoms with van der Waals surface area (Å²) in [5.41, 5.74) is 0.677. The van der Waals surface area contributed by atoms with Crippen molar-refractivity contribution in [2.24, 2.45) is 0 Å². The smallest absolute Gasteiger partial charge is 0.127 e. The fraction of sp³-hybridized carbons (Fsp3) is 0.500. The molecule has 1 aliphatic rings. The van der Waals surface area contributed by atoms with Gasteiger partial charge in [0.1, 0.15) is 5.82 Å². The minimum absolute atomic E-state index is 0.184. The number of nitrogens with zero attached hydrogens (tertiary/aromatic N) is 1. The van der Waals surface area contributed by atoms with Gasteiger partial charge in [-0.3, -0.25) is 0 Å². The van der Waals surface area contributed by atoms with Crippen molar-refractivity contribution in [2.45, 2.75) is 6.42 Å². The molecule has 5 heteroatoms. The van der Waals surface area contributed by atoms with Crippen molar-refractivity contribution in [2.75, 3.05) is 32.7 Å². The van der Waals surface area contributed by atoms with Crippen LogP contribution in [-0.4, -0.2) is 37.6 Å². The van der Waals surface area contributed by atoms with Crippen LogP contribution in [0.3, 0.4) is 0 Å². The maximum atomic E-state index is 13.7. The van der Waals surface area contributed by atoms with E-state index < -0.39 is 0 Å². The van der Waals surface area contributed by atoms with Crippen LogP contribution in [0.4, 0.5) is 4.39 Å². The number of benzene rings is 1. The van der Waals surface area contributed by atoms with Crippen molar-refractivity contribution >= 4 is 27.5 Å². The van der Waals surface area contributed by atoms with E-state index >= 15 is 0 Å². The minimum Gasteiger partial charge on any atom is -0.314 e.